The van der Waals surface area contributed by atoms with Crippen LogP contribution in [0.1, 0.15) is 22.8 Å². The minimum absolute atomic E-state index is 0.0256. The lowest BCUT2D eigenvalue weighted by Crippen LogP contribution is -2.38. The number of amides is 2. The minimum Gasteiger partial charge on any atom is -0.496 e. The topological polar surface area (TPSA) is 79.8 Å². The summed E-state index contributed by atoms with van der Waals surface area (Å²) in [7, 11) is 2.90. The maximum absolute atomic E-state index is 13.8. The van der Waals surface area contributed by atoms with Gasteiger partial charge in [0.25, 0.3) is 11.8 Å². The first-order chi connectivity index (χ1) is 13.9. The first-order valence-corrected chi connectivity index (χ1v) is 8.71. The van der Waals surface area contributed by atoms with Crippen LogP contribution in [0.25, 0.3) is 0 Å². The van der Waals surface area contributed by atoms with Crippen molar-refractivity contribution in [3.05, 3.63) is 77.0 Å². The van der Waals surface area contributed by atoms with Gasteiger partial charge in [-0.25, -0.2) is 8.78 Å². The quantitative estimate of drug-likeness (QED) is 0.700. The van der Waals surface area contributed by atoms with E-state index >= 15 is 0 Å². The van der Waals surface area contributed by atoms with Crippen LogP contribution in [-0.2, 0) is 11.3 Å². The third-order valence-electron chi connectivity index (χ3n) is 4.05. The van der Waals surface area contributed by atoms with Gasteiger partial charge in [0.1, 0.15) is 28.7 Å². The van der Waals surface area contributed by atoms with Crippen molar-refractivity contribution in [3.8, 4) is 5.75 Å². The van der Waals surface area contributed by atoms with Gasteiger partial charge in [0.15, 0.2) is 0 Å². The number of aliphatic imine (C=N–C) groups is 1. The third-order valence-corrected chi connectivity index (χ3v) is 4.05. The lowest BCUT2D eigenvalue weighted by molar-refractivity contribution is -0.114. The van der Waals surface area contributed by atoms with E-state index in [0.29, 0.717) is 5.75 Å². The monoisotopic (exact) mass is 401 g/mol. The highest BCUT2D eigenvalue weighted by atomic mass is 19.1. The summed E-state index contributed by atoms with van der Waals surface area (Å²) in [6, 6.07) is 10.3. The fourth-order valence-corrected chi connectivity index (χ4v) is 2.62. The molecular formula is C21H21F2N3O3. The number of hydrogen-bond donors (Lipinski definition) is 2. The number of benzene rings is 2. The lowest BCUT2D eigenvalue weighted by Gasteiger charge is -2.14. The van der Waals surface area contributed by atoms with Gasteiger partial charge in [-0.2, -0.15) is 0 Å². The molecule has 29 heavy (non-hydrogen) atoms. The summed E-state index contributed by atoms with van der Waals surface area (Å²) >= 11 is 0. The Morgan fingerprint density at radius 1 is 1.10 bits per heavy atom. The maximum Gasteiger partial charge on any atom is 0.271 e. The van der Waals surface area contributed by atoms with Gasteiger partial charge in [0.05, 0.1) is 12.8 Å². The van der Waals surface area contributed by atoms with E-state index in [2.05, 4.69) is 15.6 Å². The SMILES string of the molecule is C/C=C(/NC(=O)c1c(F)cccc1F)C(=NC)C(=O)NCc1ccccc1OC. The van der Waals surface area contributed by atoms with E-state index < -0.39 is 29.0 Å². The van der Waals surface area contributed by atoms with Gasteiger partial charge in [-0.05, 0) is 25.1 Å². The maximum atomic E-state index is 13.8. The molecule has 0 saturated carbocycles. The molecule has 0 saturated heterocycles. The van der Waals surface area contributed by atoms with E-state index in [4.69, 9.17) is 4.74 Å². The largest absolute Gasteiger partial charge is 0.496 e. The number of hydrogen-bond acceptors (Lipinski definition) is 4. The number of rotatable bonds is 7. The van der Waals surface area contributed by atoms with Crippen LogP contribution in [0.3, 0.4) is 0 Å². The molecule has 0 spiro atoms. The summed E-state index contributed by atoms with van der Waals surface area (Å²) in [5.74, 6) is -2.99. The second-order valence-electron chi connectivity index (χ2n) is 5.82. The lowest BCUT2D eigenvalue weighted by atomic mass is 10.1. The Balaban J connectivity index is 2.14. The van der Waals surface area contributed by atoms with Crippen molar-refractivity contribution in [2.24, 2.45) is 4.99 Å². The summed E-state index contributed by atoms with van der Waals surface area (Å²) in [4.78, 5) is 28.8. The fourth-order valence-electron chi connectivity index (χ4n) is 2.62. The molecule has 0 fully saturated rings. The van der Waals surface area contributed by atoms with Crippen molar-refractivity contribution in [2.45, 2.75) is 13.5 Å². The molecule has 6 nitrogen and oxygen atoms in total. The molecule has 0 atom stereocenters. The summed E-state index contributed by atoms with van der Waals surface area (Å²) in [6.45, 7) is 1.72. The van der Waals surface area contributed by atoms with Gasteiger partial charge in [0, 0.05) is 19.2 Å². The van der Waals surface area contributed by atoms with Gasteiger partial charge < -0.3 is 15.4 Å². The van der Waals surface area contributed by atoms with Crippen LogP contribution in [0.15, 0.2) is 59.2 Å². The first kappa shape index (κ1) is 21.7. The fraction of sp³-hybridized carbons (Fsp3) is 0.190. The molecule has 2 rings (SSSR count). The summed E-state index contributed by atoms with van der Waals surface area (Å²) in [5, 5.41) is 5.03. The number of para-hydroxylation sites is 1. The van der Waals surface area contributed by atoms with Crippen molar-refractivity contribution < 1.29 is 23.1 Å². The smallest absolute Gasteiger partial charge is 0.271 e. The minimum atomic E-state index is -1.02. The second-order valence-corrected chi connectivity index (χ2v) is 5.82. The van der Waals surface area contributed by atoms with Crippen LogP contribution in [0.2, 0.25) is 0 Å². The van der Waals surface area contributed by atoms with Crippen LogP contribution < -0.4 is 15.4 Å². The number of ether oxygens (including phenoxy) is 1. The zero-order chi connectivity index (χ0) is 21.4. The van der Waals surface area contributed by atoms with Crippen LogP contribution >= 0.6 is 0 Å². The number of nitrogens with one attached hydrogen (secondary N) is 2. The zero-order valence-corrected chi connectivity index (χ0v) is 16.3. The Labute approximate surface area is 167 Å². The first-order valence-electron chi connectivity index (χ1n) is 8.71. The molecule has 0 aromatic heterocycles. The van der Waals surface area contributed by atoms with Crippen LogP contribution in [-0.4, -0.2) is 31.7 Å². The Bertz CT molecular complexity index is 951. The van der Waals surface area contributed by atoms with Gasteiger partial charge >= 0.3 is 0 Å². The number of carbonyl (C=O) groups is 2. The van der Waals surface area contributed by atoms with Crippen LogP contribution in [0.5, 0.6) is 5.75 Å². The Kier molecular flexibility index (Phi) is 7.59. The molecule has 0 bridgehead atoms. The number of allylic oxidation sites excluding steroid dienone is 1. The Morgan fingerprint density at radius 2 is 1.76 bits per heavy atom. The second kappa shape index (κ2) is 10.1. The Hall–Kier alpha value is -3.55. The molecule has 2 aromatic carbocycles. The average molecular weight is 401 g/mol. The Morgan fingerprint density at radius 3 is 2.34 bits per heavy atom. The van der Waals surface area contributed by atoms with Crippen molar-refractivity contribution in [1.29, 1.82) is 0 Å². The van der Waals surface area contributed by atoms with Crippen molar-refractivity contribution in [2.75, 3.05) is 14.2 Å². The van der Waals surface area contributed by atoms with Crippen molar-refractivity contribution in [3.63, 3.8) is 0 Å². The molecule has 0 aliphatic heterocycles. The standard InChI is InChI=1S/C21H21F2N3O3/c1-4-16(26-20(27)18-14(22)9-7-10-15(18)23)19(24-2)21(28)25-12-13-8-5-6-11-17(13)29-3/h4-11H,12H2,1-3H3,(H,25,28)(H,26,27)/b16-4+,24-19?. The highest BCUT2D eigenvalue weighted by molar-refractivity contribution is 6.45. The third kappa shape index (κ3) is 5.25. The molecular weight excluding hydrogens is 380 g/mol. The molecule has 2 N–H and O–H groups in total. The summed E-state index contributed by atoms with van der Waals surface area (Å²) < 4.78 is 32.9. The van der Waals surface area contributed by atoms with E-state index in [1.807, 2.05) is 0 Å². The molecule has 0 unspecified atom stereocenters. The number of carbonyl (C=O) groups excluding carboxylic acids is 2. The van der Waals surface area contributed by atoms with E-state index in [1.165, 1.54) is 20.2 Å². The van der Waals surface area contributed by atoms with E-state index in [-0.39, 0.29) is 18.0 Å². The van der Waals surface area contributed by atoms with Gasteiger partial charge in [-0.1, -0.05) is 30.3 Å². The molecule has 0 aliphatic rings. The van der Waals surface area contributed by atoms with Gasteiger partial charge in [0.2, 0.25) is 0 Å². The summed E-state index contributed by atoms with van der Waals surface area (Å²) in [5.41, 5.74) is -0.0554. The molecule has 0 heterocycles. The van der Waals surface area contributed by atoms with Gasteiger partial charge in [-0.3, -0.25) is 14.6 Å². The van der Waals surface area contributed by atoms with E-state index in [9.17, 15) is 18.4 Å². The summed E-state index contributed by atoms with van der Waals surface area (Å²) in [6.07, 6.45) is 1.42. The molecule has 2 aromatic rings. The number of methoxy groups -OCH3 is 1. The average Bonchev–Trinajstić information content (AvgIpc) is 2.72. The van der Waals surface area contributed by atoms with Crippen molar-refractivity contribution in [1.82, 2.24) is 10.6 Å². The van der Waals surface area contributed by atoms with E-state index in [1.54, 1.807) is 31.2 Å². The molecule has 8 heteroatoms. The van der Waals surface area contributed by atoms with Gasteiger partial charge in [-0.15, -0.1) is 0 Å². The molecule has 2 amide bonds. The molecule has 0 aliphatic carbocycles. The number of nitrogens with zero attached hydrogens (tertiary/aromatic N) is 1. The number of halogens is 2. The highest BCUT2D eigenvalue weighted by Gasteiger charge is 2.22. The zero-order valence-electron chi connectivity index (χ0n) is 16.3. The predicted molar refractivity (Wildman–Crippen MR) is 106 cm³/mol. The van der Waals surface area contributed by atoms with Crippen molar-refractivity contribution >= 4 is 17.5 Å². The normalized spacial score (nSPS) is 11.8. The van der Waals surface area contributed by atoms with Crippen LogP contribution in [0.4, 0.5) is 8.78 Å². The predicted octanol–water partition coefficient (Wildman–Crippen LogP) is 2.99. The highest BCUT2D eigenvalue weighted by Crippen LogP contribution is 2.17. The van der Waals surface area contributed by atoms with Crippen LogP contribution in [0, 0.1) is 11.6 Å². The molecule has 0 radical (unpaired) electrons. The van der Waals surface area contributed by atoms with E-state index in [0.717, 1.165) is 23.8 Å². The molecule has 152 valence electrons.